The number of hydrogen-bond acceptors (Lipinski definition) is 4. The predicted molar refractivity (Wildman–Crippen MR) is 81.9 cm³/mol. The first-order chi connectivity index (χ1) is 10.6. The molecule has 1 aromatic rings. The molecule has 1 heterocycles. The molecule has 1 aliphatic rings. The van der Waals surface area contributed by atoms with Crippen molar-refractivity contribution >= 4 is 11.9 Å². The standard InChI is InChI=1S/C16H22N2O4/c17-15(19)12-6-9-18(10-7-12)8-1-11-22-14-4-2-13(3-5-14)16(20)21/h2-5,12H,1,6-11H2,(H2,17,19)(H,20,21). The van der Waals surface area contributed by atoms with E-state index < -0.39 is 5.97 Å². The third-order valence-corrected chi connectivity index (χ3v) is 3.98. The van der Waals surface area contributed by atoms with Gasteiger partial charge in [0.05, 0.1) is 12.2 Å². The van der Waals surface area contributed by atoms with Crippen LogP contribution in [0.1, 0.15) is 29.6 Å². The van der Waals surface area contributed by atoms with E-state index in [-0.39, 0.29) is 17.4 Å². The Labute approximate surface area is 129 Å². The lowest BCUT2D eigenvalue weighted by Gasteiger charge is -2.30. The molecule has 0 saturated carbocycles. The van der Waals surface area contributed by atoms with Crippen molar-refractivity contribution in [3.8, 4) is 5.75 Å². The largest absolute Gasteiger partial charge is 0.494 e. The molecule has 0 spiro atoms. The van der Waals surface area contributed by atoms with Crippen molar-refractivity contribution in [2.45, 2.75) is 19.3 Å². The maximum Gasteiger partial charge on any atom is 0.335 e. The summed E-state index contributed by atoms with van der Waals surface area (Å²) in [6.45, 7) is 3.32. The predicted octanol–water partition coefficient (Wildman–Crippen LogP) is 1.35. The second-order valence-electron chi connectivity index (χ2n) is 5.55. The van der Waals surface area contributed by atoms with Crippen LogP contribution >= 0.6 is 0 Å². The van der Waals surface area contributed by atoms with Crippen molar-refractivity contribution < 1.29 is 19.4 Å². The van der Waals surface area contributed by atoms with Crippen LogP contribution in [0, 0.1) is 5.92 Å². The number of aromatic carboxylic acids is 1. The molecule has 6 heteroatoms. The maximum atomic E-state index is 11.1. The van der Waals surface area contributed by atoms with E-state index in [1.54, 1.807) is 12.1 Å². The van der Waals surface area contributed by atoms with E-state index in [0.717, 1.165) is 38.9 Å². The lowest BCUT2D eigenvalue weighted by atomic mass is 9.96. The van der Waals surface area contributed by atoms with E-state index in [0.29, 0.717) is 12.4 Å². The number of benzene rings is 1. The van der Waals surface area contributed by atoms with Gasteiger partial charge >= 0.3 is 5.97 Å². The summed E-state index contributed by atoms with van der Waals surface area (Å²) < 4.78 is 5.60. The molecule has 1 aliphatic heterocycles. The molecule has 0 radical (unpaired) electrons. The van der Waals surface area contributed by atoms with Crippen molar-refractivity contribution in [3.63, 3.8) is 0 Å². The SMILES string of the molecule is NC(=O)C1CCN(CCCOc2ccc(C(=O)O)cc2)CC1. The van der Waals surface area contributed by atoms with Crippen LogP contribution < -0.4 is 10.5 Å². The Hall–Kier alpha value is -2.08. The second-order valence-corrected chi connectivity index (χ2v) is 5.55. The van der Waals surface area contributed by atoms with Crippen LogP contribution in [-0.2, 0) is 4.79 Å². The molecule has 6 nitrogen and oxygen atoms in total. The zero-order valence-corrected chi connectivity index (χ0v) is 12.5. The van der Waals surface area contributed by atoms with E-state index in [9.17, 15) is 9.59 Å². The minimum absolute atomic E-state index is 0.0280. The zero-order valence-electron chi connectivity index (χ0n) is 12.5. The Bertz CT molecular complexity index is 507. The van der Waals surface area contributed by atoms with Crippen LogP contribution in [0.5, 0.6) is 5.75 Å². The second kappa shape index (κ2) is 7.79. The molecule has 22 heavy (non-hydrogen) atoms. The van der Waals surface area contributed by atoms with Gasteiger partial charge in [-0.3, -0.25) is 4.79 Å². The van der Waals surface area contributed by atoms with Gasteiger partial charge in [0, 0.05) is 12.5 Å². The third kappa shape index (κ3) is 4.73. The van der Waals surface area contributed by atoms with Gasteiger partial charge in [0.1, 0.15) is 5.75 Å². The van der Waals surface area contributed by atoms with Gasteiger partial charge in [0.25, 0.3) is 0 Å². The highest BCUT2D eigenvalue weighted by molar-refractivity contribution is 5.87. The van der Waals surface area contributed by atoms with E-state index >= 15 is 0 Å². The first-order valence-corrected chi connectivity index (χ1v) is 7.54. The molecular weight excluding hydrogens is 284 g/mol. The van der Waals surface area contributed by atoms with Gasteiger partial charge in [-0.15, -0.1) is 0 Å². The fraction of sp³-hybridized carbons (Fsp3) is 0.500. The van der Waals surface area contributed by atoms with Gasteiger partial charge < -0.3 is 20.5 Å². The van der Waals surface area contributed by atoms with Crippen LogP contribution in [0.2, 0.25) is 0 Å². The number of primary amides is 1. The summed E-state index contributed by atoms with van der Waals surface area (Å²) in [4.78, 5) is 24.1. The highest BCUT2D eigenvalue weighted by Gasteiger charge is 2.22. The fourth-order valence-electron chi connectivity index (χ4n) is 2.61. The van der Waals surface area contributed by atoms with Gasteiger partial charge in [-0.1, -0.05) is 0 Å². The average Bonchev–Trinajstić information content (AvgIpc) is 2.52. The molecule has 1 saturated heterocycles. The van der Waals surface area contributed by atoms with E-state index in [4.69, 9.17) is 15.6 Å². The van der Waals surface area contributed by atoms with Gasteiger partial charge in [-0.2, -0.15) is 0 Å². The van der Waals surface area contributed by atoms with Crippen molar-refractivity contribution in [1.29, 1.82) is 0 Å². The van der Waals surface area contributed by atoms with E-state index in [1.807, 2.05) is 0 Å². The minimum Gasteiger partial charge on any atom is -0.494 e. The van der Waals surface area contributed by atoms with Crippen LogP contribution in [0.25, 0.3) is 0 Å². The van der Waals surface area contributed by atoms with E-state index in [1.165, 1.54) is 12.1 Å². The van der Waals surface area contributed by atoms with E-state index in [2.05, 4.69) is 4.90 Å². The molecule has 3 N–H and O–H groups in total. The molecule has 0 bridgehead atoms. The Morgan fingerprint density at radius 1 is 1.23 bits per heavy atom. The van der Waals surface area contributed by atoms with Crippen molar-refractivity contribution in [3.05, 3.63) is 29.8 Å². The van der Waals surface area contributed by atoms with Crippen molar-refractivity contribution in [2.75, 3.05) is 26.2 Å². The number of ether oxygens (including phenoxy) is 1. The Morgan fingerprint density at radius 2 is 1.86 bits per heavy atom. The summed E-state index contributed by atoms with van der Waals surface area (Å²) in [5, 5.41) is 8.81. The molecule has 0 atom stereocenters. The number of nitrogens with zero attached hydrogens (tertiary/aromatic N) is 1. The summed E-state index contributed by atoms with van der Waals surface area (Å²) in [6, 6.07) is 6.40. The molecule has 1 aromatic carbocycles. The van der Waals surface area contributed by atoms with Crippen LogP contribution in [0.4, 0.5) is 0 Å². The Kier molecular flexibility index (Phi) is 5.77. The quantitative estimate of drug-likeness (QED) is 0.742. The molecule has 0 unspecified atom stereocenters. The summed E-state index contributed by atoms with van der Waals surface area (Å²) in [6.07, 6.45) is 2.57. The molecule has 1 amide bonds. The van der Waals surface area contributed by atoms with Gasteiger partial charge in [-0.05, 0) is 56.6 Å². The number of amides is 1. The highest BCUT2D eigenvalue weighted by atomic mass is 16.5. The Balaban J connectivity index is 1.63. The van der Waals surface area contributed by atoms with Crippen LogP contribution in [0.3, 0.4) is 0 Å². The Morgan fingerprint density at radius 3 is 2.41 bits per heavy atom. The summed E-state index contributed by atoms with van der Waals surface area (Å²) in [5.41, 5.74) is 5.57. The third-order valence-electron chi connectivity index (χ3n) is 3.98. The number of rotatable bonds is 7. The number of likely N-dealkylation sites (tertiary alicyclic amines) is 1. The molecule has 0 aliphatic carbocycles. The normalized spacial score (nSPS) is 16.4. The van der Waals surface area contributed by atoms with Crippen molar-refractivity contribution in [2.24, 2.45) is 11.7 Å². The number of piperidine rings is 1. The first-order valence-electron chi connectivity index (χ1n) is 7.54. The summed E-state index contributed by atoms with van der Waals surface area (Å²) in [5.74, 6) is -0.420. The maximum absolute atomic E-state index is 11.1. The van der Waals surface area contributed by atoms with Gasteiger partial charge in [0.2, 0.25) is 5.91 Å². The van der Waals surface area contributed by atoms with Crippen molar-refractivity contribution in [1.82, 2.24) is 4.90 Å². The first kappa shape index (κ1) is 16.3. The number of carboxylic acid groups (broad SMARTS) is 1. The highest BCUT2D eigenvalue weighted by Crippen LogP contribution is 2.17. The zero-order chi connectivity index (χ0) is 15.9. The summed E-state index contributed by atoms with van der Waals surface area (Å²) in [7, 11) is 0. The number of carbonyl (C=O) groups is 2. The molecule has 1 fully saturated rings. The monoisotopic (exact) mass is 306 g/mol. The van der Waals surface area contributed by atoms with Crippen LogP contribution in [-0.4, -0.2) is 48.1 Å². The molecule has 0 aromatic heterocycles. The average molecular weight is 306 g/mol. The van der Waals surface area contributed by atoms with Gasteiger partial charge in [0.15, 0.2) is 0 Å². The number of carbonyl (C=O) groups excluding carboxylic acids is 1. The fourth-order valence-corrected chi connectivity index (χ4v) is 2.61. The lowest BCUT2D eigenvalue weighted by molar-refractivity contribution is -0.123. The number of carboxylic acids is 1. The molecule has 120 valence electrons. The lowest BCUT2D eigenvalue weighted by Crippen LogP contribution is -2.39. The van der Waals surface area contributed by atoms with Gasteiger partial charge in [-0.25, -0.2) is 4.79 Å². The topological polar surface area (TPSA) is 92.9 Å². The number of nitrogens with two attached hydrogens (primary N) is 1. The molecular formula is C16H22N2O4. The summed E-state index contributed by atoms with van der Waals surface area (Å²) >= 11 is 0. The number of hydrogen-bond donors (Lipinski definition) is 2. The molecule has 2 rings (SSSR count). The van der Waals surface area contributed by atoms with Crippen LogP contribution in [0.15, 0.2) is 24.3 Å². The smallest absolute Gasteiger partial charge is 0.335 e. The minimum atomic E-state index is -0.939.